The van der Waals surface area contributed by atoms with Crippen molar-refractivity contribution < 1.29 is 27.4 Å². The summed E-state index contributed by atoms with van der Waals surface area (Å²) in [6.07, 6.45) is 1.94. The van der Waals surface area contributed by atoms with E-state index in [0.717, 1.165) is 19.3 Å². The minimum absolute atomic E-state index is 0.120. The standard InChI is InChI=1S/C18H24O6S/c1-18-7-6-13-12-5-3-11(19)8-10(12)2-4-14(13)15(18)9-16(20)17(18)24-25(21,22)23/h3,5,8,13-17,19-20H,2,4,6-7,9H2,1H3,(H,21,22,23)/p-1/t13-,14-,15+,16-,17+,18+/m1/s1. The molecule has 0 saturated heterocycles. The molecule has 1 aromatic carbocycles. The van der Waals surface area contributed by atoms with Crippen molar-refractivity contribution in [1.29, 1.82) is 0 Å². The van der Waals surface area contributed by atoms with Crippen molar-refractivity contribution in [3.63, 3.8) is 0 Å². The predicted molar refractivity (Wildman–Crippen MR) is 88.7 cm³/mol. The normalized spacial score (nSPS) is 40.2. The number of hydrogen-bond acceptors (Lipinski definition) is 6. The summed E-state index contributed by atoms with van der Waals surface area (Å²) in [5.41, 5.74) is 1.93. The predicted octanol–water partition coefficient (Wildman–Crippen LogP) is 2.06. The zero-order valence-corrected chi connectivity index (χ0v) is 14.9. The van der Waals surface area contributed by atoms with Gasteiger partial charge in [0.2, 0.25) is 10.4 Å². The van der Waals surface area contributed by atoms with Gasteiger partial charge in [0.15, 0.2) is 0 Å². The van der Waals surface area contributed by atoms with Gasteiger partial charge in [-0.1, -0.05) is 13.0 Å². The molecule has 2 saturated carbocycles. The number of phenols is 1. The van der Waals surface area contributed by atoms with E-state index in [1.165, 1.54) is 11.1 Å². The first kappa shape index (κ1) is 17.3. The quantitative estimate of drug-likeness (QED) is 0.612. The number of rotatable bonds is 2. The van der Waals surface area contributed by atoms with Crippen LogP contribution in [0.5, 0.6) is 5.75 Å². The van der Waals surface area contributed by atoms with Crippen molar-refractivity contribution in [2.24, 2.45) is 17.3 Å². The zero-order chi connectivity index (χ0) is 18.0. The average Bonchev–Trinajstić information content (AvgIpc) is 2.77. The Bertz CT molecular complexity index is 791. The third-order valence-corrected chi connectivity index (χ3v) is 7.31. The molecule has 7 heteroatoms. The van der Waals surface area contributed by atoms with Gasteiger partial charge in [-0.25, -0.2) is 8.42 Å². The molecule has 6 nitrogen and oxygen atoms in total. The van der Waals surface area contributed by atoms with Crippen molar-refractivity contribution in [3.8, 4) is 5.75 Å². The van der Waals surface area contributed by atoms with Gasteiger partial charge < -0.3 is 14.8 Å². The molecule has 0 unspecified atom stereocenters. The summed E-state index contributed by atoms with van der Waals surface area (Å²) in [6, 6.07) is 5.54. The molecule has 3 aliphatic carbocycles. The highest BCUT2D eigenvalue weighted by Gasteiger charge is 2.59. The molecule has 25 heavy (non-hydrogen) atoms. The minimum Gasteiger partial charge on any atom is -0.726 e. The summed E-state index contributed by atoms with van der Waals surface area (Å²) in [6.45, 7) is 1.95. The van der Waals surface area contributed by atoms with Crippen LogP contribution < -0.4 is 0 Å². The van der Waals surface area contributed by atoms with Gasteiger partial charge in [0.25, 0.3) is 0 Å². The van der Waals surface area contributed by atoms with E-state index in [4.69, 9.17) is 4.18 Å². The molecule has 0 aromatic heterocycles. The largest absolute Gasteiger partial charge is 0.726 e. The number of phenolic OH excluding ortho intramolecular Hbond substituents is 1. The van der Waals surface area contributed by atoms with Crippen molar-refractivity contribution in [2.45, 2.75) is 57.2 Å². The fourth-order valence-corrected chi connectivity index (χ4v) is 6.44. The number of aromatic hydroxyl groups is 1. The molecule has 2 fully saturated rings. The molecule has 3 aliphatic rings. The molecule has 1 aromatic rings. The van der Waals surface area contributed by atoms with Crippen LogP contribution in [0.2, 0.25) is 0 Å². The monoisotopic (exact) mass is 367 g/mol. The summed E-state index contributed by atoms with van der Waals surface area (Å²) in [4.78, 5) is 0. The second-order valence-corrected chi connectivity index (χ2v) is 9.08. The van der Waals surface area contributed by atoms with E-state index in [2.05, 4.69) is 0 Å². The van der Waals surface area contributed by atoms with E-state index >= 15 is 0 Å². The van der Waals surface area contributed by atoms with E-state index in [9.17, 15) is 23.2 Å². The number of aliphatic hydroxyl groups is 1. The Morgan fingerprint density at radius 3 is 2.80 bits per heavy atom. The fourth-order valence-electron chi connectivity index (χ4n) is 5.84. The van der Waals surface area contributed by atoms with Gasteiger partial charge in [-0.05, 0) is 73.1 Å². The van der Waals surface area contributed by atoms with Crippen molar-refractivity contribution in [1.82, 2.24) is 0 Å². The highest BCUT2D eigenvalue weighted by Crippen LogP contribution is 2.61. The molecular weight excluding hydrogens is 344 g/mol. The molecule has 138 valence electrons. The Kier molecular flexibility index (Phi) is 3.92. The molecule has 0 amide bonds. The van der Waals surface area contributed by atoms with E-state index < -0.39 is 28.0 Å². The summed E-state index contributed by atoms with van der Waals surface area (Å²) >= 11 is 0. The van der Waals surface area contributed by atoms with Gasteiger partial charge in [-0.2, -0.15) is 0 Å². The summed E-state index contributed by atoms with van der Waals surface area (Å²) < 4.78 is 38.1. The van der Waals surface area contributed by atoms with Gasteiger partial charge in [0.1, 0.15) is 11.9 Å². The van der Waals surface area contributed by atoms with Gasteiger partial charge in [-0.15, -0.1) is 0 Å². The molecule has 0 aliphatic heterocycles. The molecule has 0 bridgehead atoms. The topological polar surface area (TPSA) is 107 Å². The Morgan fingerprint density at radius 1 is 1.32 bits per heavy atom. The molecule has 4 rings (SSSR count). The number of benzene rings is 1. The van der Waals surface area contributed by atoms with Crippen LogP contribution in [-0.2, 0) is 21.0 Å². The molecule has 0 heterocycles. The van der Waals surface area contributed by atoms with Gasteiger partial charge in [0, 0.05) is 5.41 Å². The Labute approximate surface area is 147 Å². The van der Waals surface area contributed by atoms with Crippen LogP contribution in [0.1, 0.15) is 49.7 Å². The SMILES string of the molecule is C[C@]12CC[C@@H]3c4ccc(O)cc4CC[C@H]3[C@@H]1C[C@@H](O)[C@@H]2OS(=O)(=O)[O-]. The Morgan fingerprint density at radius 2 is 2.08 bits per heavy atom. The van der Waals surface area contributed by atoms with Crippen LogP contribution in [0.4, 0.5) is 0 Å². The lowest BCUT2D eigenvalue weighted by Crippen LogP contribution is -2.46. The lowest BCUT2D eigenvalue weighted by atomic mass is 9.55. The molecular formula is C18H23O6S-. The van der Waals surface area contributed by atoms with Gasteiger partial charge in [0.05, 0.1) is 6.10 Å². The number of fused-ring (bicyclic) bond motifs is 5. The number of aliphatic hydroxyl groups excluding tert-OH is 1. The third-order valence-electron chi connectivity index (χ3n) is 6.86. The first-order chi connectivity index (χ1) is 11.7. The fraction of sp³-hybridized carbons (Fsp3) is 0.667. The first-order valence-corrected chi connectivity index (χ1v) is 10.2. The maximum Gasteiger partial charge on any atom is 0.218 e. The molecule has 2 N–H and O–H groups in total. The van der Waals surface area contributed by atoms with Crippen molar-refractivity contribution in [2.75, 3.05) is 0 Å². The zero-order valence-electron chi connectivity index (χ0n) is 14.1. The number of hydrogen-bond donors (Lipinski definition) is 2. The van der Waals surface area contributed by atoms with Crippen LogP contribution in [-0.4, -0.2) is 35.4 Å². The molecule has 6 atom stereocenters. The molecule has 0 radical (unpaired) electrons. The second kappa shape index (κ2) is 5.67. The van der Waals surface area contributed by atoms with Gasteiger partial charge in [-0.3, -0.25) is 4.18 Å². The van der Waals surface area contributed by atoms with Crippen LogP contribution in [0.25, 0.3) is 0 Å². The Balaban J connectivity index is 1.66. The Hall–Kier alpha value is -1.15. The van der Waals surface area contributed by atoms with E-state index in [0.29, 0.717) is 24.7 Å². The van der Waals surface area contributed by atoms with E-state index in [-0.39, 0.29) is 11.7 Å². The molecule has 0 spiro atoms. The van der Waals surface area contributed by atoms with Crippen molar-refractivity contribution in [3.05, 3.63) is 29.3 Å². The maximum absolute atomic E-state index is 11.1. The maximum atomic E-state index is 11.1. The highest BCUT2D eigenvalue weighted by molar-refractivity contribution is 7.80. The van der Waals surface area contributed by atoms with Gasteiger partial charge >= 0.3 is 0 Å². The first-order valence-electron chi connectivity index (χ1n) is 8.83. The summed E-state index contributed by atoms with van der Waals surface area (Å²) in [7, 11) is -4.85. The summed E-state index contributed by atoms with van der Waals surface area (Å²) in [5.74, 6) is 1.07. The number of aryl methyl sites for hydroxylation is 1. The highest BCUT2D eigenvalue weighted by atomic mass is 32.3. The smallest absolute Gasteiger partial charge is 0.218 e. The van der Waals surface area contributed by atoms with Crippen LogP contribution in [0.3, 0.4) is 0 Å². The minimum atomic E-state index is -4.85. The lowest BCUT2D eigenvalue weighted by molar-refractivity contribution is -0.0377. The third kappa shape index (κ3) is 2.77. The van der Waals surface area contributed by atoms with E-state index in [1.807, 2.05) is 19.1 Å². The summed E-state index contributed by atoms with van der Waals surface area (Å²) in [5, 5.41) is 20.1. The van der Waals surface area contributed by atoms with Crippen LogP contribution in [0, 0.1) is 17.3 Å². The van der Waals surface area contributed by atoms with E-state index in [1.54, 1.807) is 6.07 Å². The lowest BCUT2D eigenvalue weighted by Gasteiger charge is -2.50. The van der Waals surface area contributed by atoms with Crippen molar-refractivity contribution >= 4 is 10.4 Å². The van der Waals surface area contributed by atoms with Crippen LogP contribution >= 0.6 is 0 Å². The van der Waals surface area contributed by atoms with Crippen LogP contribution in [0.15, 0.2) is 18.2 Å². The second-order valence-electron chi connectivity index (χ2n) is 8.07. The average molecular weight is 367 g/mol.